The Balaban J connectivity index is 1.66. The summed E-state index contributed by atoms with van der Waals surface area (Å²) in [7, 11) is 1.65. The summed E-state index contributed by atoms with van der Waals surface area (Å²) in [5, 5.41) is 0. The molecule has 0 fully saturated rings. The van der Waals surface area contributed by atoms with Crippen LogP contribution in [0.2, 0.25) is 0 Å². The zero-order valence-corrected chi connectivity index (χ0v) is 17.0. The molecule has 0 aromatic heterocycles. The van der Waals surface area contributed by atoms with Crippen LogP contribution in [0.5, 0.6) is 0 Å². The number of aryl methyl sites for hydroxylation is 1. The molecule has 0 spiro atoms. The minimum Gasteiger partial charge on any atom is -0.452 e. The number of nitrogens with zero attached hydrogens (tertiary/aromatic N) is 1. The normalized spacial score (nSPS) is 10.3. The molecule has 152 valence electrons. The van der Waals surface area contributed by atoms with Crippen molar-refractivity contribution < 1.29 is 19.1 Å². The molecule has 0 unspecified atom stereocenters. The standard InChI is InChI=1S/C25H23NO4/c1-18-12-14-20(15-13-18)24(28)21-10-6-7-11-22(21)25(29)30-17-23(27)26(2)16-19-8-4-3-5-9-19/h3-15H,16-17H2,1-2H3. The van der Waals surface area contributed by atoms with Crippen LogP contribution in [-0.4, -0.2) is 36.2 Å². The quantitative estimate of drug-likeness (QED) is 0.443. The van der Waals surface area contributed by atoms with E-state index >= 15 is 0 Å². The predicted octanol–water partition coefficient (Wildman–Crippen LogP) is 4.04. The fraction of sp³-hybridized carbons (Fsp3) is 0.160. The van der Waals surface area contributed by atoms with Gasteiger partial charge in [-0.25, -0.2) is 4.79 Å². The average molecular weight is 401 g/mol. The van der Waals surface area contributed by atoms with Crippen LogP contribution in [0.3, 0.4) is 0 Å². The van der Waals surface area contributed by atoms with Crippen LogP contribution in [0, 0.1) is 6.92 Å². The van der Waals surface area contributed by atoms with E-state index in [0.717, 1.165) is 11.1 Å². The molecule has 0 radical (unpaired) electrons. The monoisotopic (exact) mass is 401 g/mol. The highest BCUT2D eigenvalue weighted by atomic mass is 16.5. The molecule has 0 bridgehead atoms. The van der Waals surface area contributed by atoms with E-state index in [1.54, 1.807) is 37.4 Å². The summed E-state index contributed by atoms with van der Waals surface area (Å²) >= 11 is 0. The van der Waals surface area contributed by atoms with Gasteiger partial charge in [0.1, 0.15) is 0 Å². The highest BCUT2D eigenvalue weighted by molar-refractivity contribution is 6.14. The van der Waals surface area contributed by atoms with Crippen molar-refractivity contribution in [3.05, 3.63) is 107 Å². The first-order valence-corrected chi connectivity index (χ1v) is 9.61. The van der Waals surface area contributed by atoms with Crippen LogP contribution in [0.15, 0.2) is 78.9 Å². The summed E-state index contributed by atoms with van der Waals surface area (Å²) in [5.41, 5.74) is 2.89. The third kappa shape index (κ3) is 5.20. The molecule has 1 amide bonds. The SMILES string of the molecule is Cc1ccc(C(=O)c2ccccc2C(=O)OCC(=O)N(C)Cc2ccccc2)cc1. The summed E-state index contributed by atoms with van der Waals surface area (Å²) in [6.45, 7) is 1.96. The van der Waals surface area contributed by atoms with Gasteiger partial charge in [-0.05, 0) is 18.6 Å². The zero-order chi connectivity index (χ0) is 21.5. The maximum atomic E-state index is 12.8. The lowest BCUT2D eigenvalue weighted by Crippen LogP contribution is -2.31. The number of hydrogen-bond acceptors (Lipinski definition) is 4. The molecule has 0 atom stereocenters. The van der Waals surface area contributed by atoms with Crippen LogP contribution in [-0.2, 0) is 16.1 Å². The number of ketones is 1. The Morgan fingerprint density at radius 3 is 2.07 bits per heavy atom. The van der Waals surface area contributed by atoms with Crippen molar-refractivity contribution in [2.24, 2.45) is 0 Å². The Hall–Kier alpha value is -3.73. The van der Waals surface area contributed by atoms with E-state index in [0.29, 0.717) is 12.1 Å². The molecule has 0 saturated carbocycles. The van der Waals surface area contributed by atoms with Gasteiger partial charge in [0.05, 0.1) is 5.56 Å². The van der Waals surface area contributed by atoms with E-state index in [2.05, 4.69) is 0 Å². The van der Waals surface area contributed by atoms with E-state index in [9.17, 15) is 14.4 Å². The second kappa shape index (κ2) is 9.65. The van der Waals surface area contributed by atoms with Gasteiger partial charge in [-0.1, -0.05) is 78.4 Å². The first-order chi connectivity index (χ1) is 14.5. The van der Waals surface area contributed by atoms with Crippen molar-refractivity contribution in [3.63, 3.8) is 0 Å². The van der Waals surface area contributed by atoms with Crippen LogP contribution in [0.4, 0.5) is 0 Å². The molecular formula is C25H23NO4. The smallest absolute Gasteiger partial charge is 0.339 e. The Labute approximate surface area is 175 Å². The molecule has 0 heterocycles. The molecule has 5 heteroatoms. The lowest BCUT2D eigenvalue weighted by Gasteiger charge is -2.17. The van der Waals surface area contributed by atoms with Gasteiger partial charge in [0.15, 0.2) is 12.4 Å². The van der Waals surface area contributed by atoms with Gasteiger partial charge in [0, 0.05) is 24.7 Å². The molecule has 3 aromatic rings. The topological polar surface area (TPSA) is 63.7 Å². The molecule has 0 aliphatic heterocycles. The zero-order valence-electron chi connectivity index (χ0n) is 17.0. The molecule has 3 aromatic carbocycles. The Bertz CT molecular complexity index is 1040. The maximum absolute atomic E-state index is 12.8. The van der Waals surface area contributed by atoms with E-state index in [-0.39, 0.29) is 22.8 Å². The molecule has 0 aliphatic rings. The fourth-order valence-electron chi connectivity index (χ4n) is 2.98. The van der Waals surface area contributed by atoms with Crippen molar-refractivity contribution >= 4 is 17.7 Å². The van der Waals surface area contributed by atoms with Crippen LogP contribution in [0.1, 0.15) is 37.4 Å². The molecule has 0 N–H and O–H groups in total. The van der Waals surface area contributed by atoms with Crippen molar-refractivity contribution in [2.75, 3.05) is 13.7 Å². The van der Waals surface area contributed by atoms with Crippen molar-refractivity contribution in [1.82, 2.24) is 4.90 Å². The second-order valence-electron chi connectivity index (χ2n) is 7.05. The van der Waals surface area contributed by atoms with Gasteiger partial charge in [0.2, 0.25) is 0 Å². The van der Waals surface area contributed by atoms with Gasteiger partial charge in [-0.3, -0.25) is 9.59 Å². The number of rotatable bonds is 7. The van der Waals surface area contributed by atoms with Gasteiger partial charge < -0.3 is 9.64 Å². The number of amides is 1. The molecule has 0 aliphatic carbocycles. The largest absolute Gasteiger partial charge is 0.452 e. The lowest BCUT2D eigenvalue weighted by atomic mass is 9.98. The summed E-state index contributed by atoms with van der Waals surface area (Å²) in [4.78, 5) is 39.3. The fourth-order valence-corrected chi connectivity index (χ4v) is 2.98. The minimum absolute atomic E-state index is 0.140. The molecular weight excluding hydrogens is 378 g/mol. The first-order valence-electron chi connectivity index (χ1n) is 9.61. The summed E-state index contributed by atoms with van der Waals surface area (Å²) < 4.78 is 5.21. The highest BCUT2D eigenvalue weighted by Gasteiger charge is 2.20. The summed E-state index contributed by atoms with van der Waals surface area (Å²) in [6, 6.07) is 23.1. The van der Waals surface area contributed by atoms with E-state index in [1.807, 2.05) is 49.4 Å². The molecule has 5 nitrogen and oxygen atoms in total. The highest BCUT2D eigenvalue weighted by Crippen LogP contribution is 2.16. The van der Waals surface area contributed by atoms with Gasteiger partial charge in [-0.15, -0.1) is 0 Å². The van der Waals surface area contributed by atoms with E-state index in [1.165, 1.54) is 11.0 Å². The van der Waals surface area contributed by atoms with Gasteiger partial charge in [-0.2, -0.15) is 0 Å². The predicted molar refractivity (Wildman–Crippen MR) is 114 cm³/mol. The summed E-state index contributed by atoms with van der Waals surface area (Å²) in [6.07, 6.45) is 0. The number of esters is 1. The minimum atomic E-state index is -0.701. The Kier molecular flexibility index (Phi) is 6.75. The Morgan fingerprint density at radius 1 is 0.800 bits per heavy atom. The number of ether oxygens (including phenoxy) is 1. The maximum Gasteiger partial charge on any atom is 0.339 e. The number of hydrogen-bond donors (Lipinski definition) is 0. The number of carbonyl (C=O) groups excluding carboxylic acids is 3. The van der Waals surface area contributed by atoms with Crippen molar-refractivity contribution in [2.45, 2.75) is 13.5 Å². The van der Waals surface area contributed by atoms with Crippen molar-refractivity contribution in [1.29, 1.82) is 0 Å². The molecule has 30 heavy (non-hydrogen) atoms. The van der Waals surface area contributed by atoms with Crippen LogP contribution >= 0.6 is 0 Å². The number of likely N-dealkylation sites (N-methyl/N-ethyl adjacent to an activating group) is 1. The second-order valence-corrected chi connectivity index (χ2v) is 7.05. The van der Waals surface area contributed by atoms with E-state index < -0.39 is 12.6 Å². The van der Waals surface area contributed by atoms with Gasteiger partial charge >= 0.3 is 5.97 Å². The third-order valence-corrected chi connectivity index (χ3v) is 4.72. The molecule has 0 saturated heterocycles. The number of carbonyl (C=O) groups is 3. The van der Waals surface area contributed by atoms with E-state index in [4.69, 9.17) is 4.74 Å². The third-order valence-electron chi connectivity index (χ3n) is 4.72. The molecule has 3 rings (SSSR count). The Morgan fingerprint density at radius 2 is 1.40 bits per heavy atom. The summed E-state index contributed by atoms with van der Waals surface area (Å²) in [5.74, 6) is -1.29. The average Bonchev–Trinajstić information content (AvgIpc) is 2.78. The van der Waals surface area contributed by atoms with Crippen molar-refractivity contribution in [3.8, 4) is 0 Å². The van der Waals surface area contributed by atoms with Crippen LogP contribution < -0.4 is 0 Å². The van der Waals surface area contributed by atoms with Crippen LogP contribution in [0.25, 0.3) is 0 Å². The first kappa shape index (κ1) is 21.0. The van der Waals surface area contributed by atoms with Gasteiger partial charge in [0.25, 0.3) is 5.91 Å². The lowest BCUT2D eigenvalue weighted by molar-refractivity contribution is -0.133. The number of benzene rings is 3.